The number of nitrogens with zero attached hydrogens (tertiary/aromatic N) is 4. The van der Waals surface area contributed by atoms with Gasteiger partial charge in [-0.3, -0.25) is 9.59 Å². The largest absolute Gasteiger partial charge is 0.458 e. The van der Waals surface area contributed by atoms with Gasteiger partial charge in [-0.15, -0.1) is 0 Å². The number of hydrogen-bond donors (Lipinski definition) is 3. The van der Waals surface area contributed by atoms with Crippen molar-refractivity contribution in [3.05, 3.63) is 54.4 Å². The summed E-state index contributed by atoms with van der Waals surface area (Å²) in [7, 11) is 5.24. The molecule has 1 aromatic heterocycles. The number of ether oxygens (including phenoxy) is 6. The maximum absolute atomic E-state index is 14.7. The van der Waals surface area contributed by atoms with Gasteiger partial charge in [0.05, 0.1) is 18.1 Å². The van der Waals surface area contributed by atoms with Crippen LogP contribution in [0.15, 0.2) is 48.8 Å². The number of esters is 1. The summed E-state index contributed by atoms with van der Waals surface area (Å²) in [5.74, 6) is -4.43. The van der Waals surface area contributed by atoms with Gasteiger partial charge in [0.15, 0.2) is 17.7 Å². The number of amides is 3. The molecule has 0 saturated carbocycles. The quantitative estimate of drug-likeness (QED) is 0.174. The number of nitrogens with one attached hydrogen (secondary N) is 2. The lowest BCUT2D eigenvalue weighted by atomic mass is 9.73. The van der Waals surface area contributed by atoms with E-state index in [1.54, 1.807) is 93.9 Å². The molecule has 370 valence electrons. The van der Waals surface area contributed by atoms with E-state index in [2.05, 4.69) is 20.6 Å². The van der Waals surface area contributed by atoms with Crippen LogP contribution in [0.4, 0.5) is 14.4 Å². The number of alkyl carbamates (subject to hydrolysis) is 2. The topological polar surface area (TPSA) is 217 Å². The number of aliphatic hydroxyl groups is 1. The van der Waals surface area contributed by atoms with E-state index in [1.165, 1.54) is 4.90 Å². The van der Waals surface area contributed by atoms with Crippen molar-refractivity contribution in [2.75, 3.05) is 27.7 Å². The molecule has 18 nitrogen and oxygen atoms in total. The normalized spacial score (nSPS) is 34.1. The van der Waals surface area contributed by atoms with Crippen molar-refractivity contribution < 1.29 is 57.5 Å². The first-order valence-corrected chi connectivity index (χ1v) is 23.3. The van der Waals surface area contributed by atoms with Gasteiger partial charge in [-0.05, 0) is 86.5 Å². The lowest BCUT2D eigenvalue weighted by molar-refractivity contribution is -0.298. The zero-order valence-corrected chi connectivity index (χ0v) is 41.3. The molecule has 67 heavy (non-hydrogen) atoms. The van der Waals surface area contributed by atoms with Gasteiger partial charge < -0.3 is 54.0 Å². The Kier molecular flexibility index (Phi) is 17.6. The molecule has 3 aliphatic rings. The molecule has 3 aliphatic heterocycles. The van der Waals surface area contributed by atoms with Crippen LogP contribution in [-0.4, -0.2) is 149 Å². The molecule has 3 amide bonds. The number of aliphatic hydroxyl groups excluding tert-OH is 1. The van der Waals surface area contributed by atoms with Crippen LogP contribution in [0.2, 0.25) is 0 Å². The summed E-state index contributed by atoms with van der Waals surface area (Å²) in [5.41, 5.74) is -1.53. The van der Waals surface area contributed by atoms with Gasteiger partial charge in [-0.2, -0.15) is 0 Å². The molecule has 3 fully saturated rings. The second kappa shape index (κ2) is 22.3. The summed E-state index contributed by atoms with van der Waals surface area (Å²) in [5, 5.41) is 17.4. The second-order valence-electron chi connectivity index (χ2n) is 19.3. The van der Waals surface area contributed by atoms with E-state index < -0.39 is 102 Å². The van der Waals surface area contributed by atoms with Crippen molar-refractivity contribution in [2.45, 2.75) is 155 Å². The van der Waals surface area contributed by atoms with Gasteiger partial charge in [0.1, 0.15) is 35.8 Å². The zero-order valence-electron chi connectivity index (χ0n) is 41.3. The number of carbonyl (C=O) groups is 5. The Morgan fingerprint density at radius 1 is 1.01 bits per heavy atom. The highest BCUT2D eigenvalue weighted by Gasteiger charge is 2.58. The SMILES string of the molecule is CC[C@H]1OC(=O)[C@H](C)[C@@H](OC(=O)N(C)C(C)C)[C@H](C)[C@@H](O[C@@H]2O[C@H](C)C[C@H](N(C)C)[C@H]2O)[C@](C)(OC(=O)NCC=Cc2ccc(-c3ncccn3)cc2)C[C@@H](C)C(=O)[C@H](C)[C@H]2NC(=O)O[C@@]21C. The third-order valence-electron chi connectivity index (χ3n) is 13.7. The molecular formula is C49H72N6O12. The van der Waals surface area contributed by atoms with Crippen LogP contribution in [-0.2, 0) is 38.0 Å². The maximum Gasteiger partial charge on any atom is 0.410 e. The molecule has 0 aliphatic carbocycles. The molecule has 4 heterocycles. The van der Waals surface area contributed by atoms with Crippen LogP contribution < -0.4 is 10.6 Å². The van der Waals surface area contributed by atoms with Gasteiger partial charge in [-0.25, -0.2) is 24.4 Å². The number of ketones is 1. The molecule has 0 spiro atoms. The fourth-order valence-electron chi connectivity index (χ4n) is 9.62. The van der Waals surface area contributed by atoms with Crippen LogP contribution in [0.5, 0.6) is 0 Å². The molecule has 18 heteroatoms. The highest BCUT2D eigenvalue weighted by Crippen LogP contribution is 2.42. The summed E-state index contributed by atoms with van der Waals surface area (Å²) >= 11 is 0. The third-order valence-corrected chi connectivity index (χ3v) is 13.7. The van der Waals surface area contributed by atoms with Crippen molar-refractivity contribution >= 4 is 36.1 Å². The van der Waals surface area contributed by atoms with Crippen LogP contribution in [0.25, 0.3) is 17.5 Å². The zero-order chi connectivity index (χ0) is 49.5. The molecule has 3 saturated heterocycles. The van der Waals surface area contributed by atoms with E-state index in [9.17, 15) is 29.1 Å². The molecule has 3 N–H and O–H groups in total. The van der Waals surface area contributed by atoms with Gasteiger partial charge in [0, 0.05) is 61.4 Å². The van der Waals surface area contributed by atoms with E-state index in [4.69, 9.17) is 28.4 Å². The first kappa shape index (κ1) is 52.8. The van der Waals surface area contributed by atoms with E-state index in [0.29, 0.717) is 12.2 Å². The van der Waals surface area contributed by atoms with Gasteiger partial charge >= 0.3 is 24.2 Å². The molecule has 14 atom stereocenters. The predicted molar refractivity (Wildman–Crippen MR) is 248 cm³/mol. The van der Waals surface area contributed by atoms with E-state index in [0.717, 1.165) is 11.1 Å². The summed E-state index contributed by atoms with van der Waals surface area (Å²) in [4.78, 5) is 82.1. The Balaban J connectivity index is 1.58. The summed E-state index contributed by atoms with van der Waals surface area (Å²) < 4.78 is 37.9. The van der Waals surface area contributed by atoms with Crippen molar-refractivity contribution in [3.8, 4) is 11.4 Å². The molecule has 2 aromatic rings. The number of rotatable bonds is 11. The summed E-state index contributed by atoms with van der Waals surface area (Å²) in [6.07, 6.45) is -1.44. The maximum atomic E-state index is 14.7. The Labute approximate surface area is 394 Å². The minimum absolute atomic E-state index is 0.0424. The Morgan fingerprint density at radius 3 is 2.28 bits per heavy atom. The number of likely N-dealkylation sites (N-methyl/N-ethyl adjacent to an activating group) is 1. The van der Waals surface area contributed by atoms with E-state index in [1.807, 2.05) is 56.3 Å². The Bertz CT molecular complexity index is 2060. The molecule has 1 aromatic carbocycles. The first-order valence-electron chi connectivity index (χ1n) is 23.3. The number of cyclic esters (lactones) is 1. The Morgan fingerprint density at radius 2 is 1.67 bits per heavy atom. The highest BCUT2D eigenvalue weighted by molar-refractivity contribution is 5.85. The predicted octanol–water partition coefficient (Wildman–Crippen LogP) is 6.00. The minimum Gasteiger partial charge on any atom is -0.458 e. The minimum atomic E-state index is -1.76. The van der Waals surface area contributed by atoms with Crippen LogP contribution in [0.1, 0.15) is 94.1 Å². The van der Waals surface area contributed by atoms with Crippen molar-refractivity contribution in [2.24, 2.45) is 23.7 Å². The smallest absolute Gasteiger partial charge is 0.410 e. The number of Topliss-reactive ketones (excluding diaryl/α,β-unsaturated/α-hetero) is 1. The van der Waals surface area contributed by atoms with E-state index >= 15 is 0 Å². The number of aromatic nitrogens is 2. The fraction of sp³-hybridized carbons (Fsp3) is 0.653. The van der Waals surface area contributed by atoms with Crippen molar-refractivity contribution in [3.63, 3.8) is 0 Å². The second-order valence-corrected chi connectivity index (χ2v) is 19.3. The van der Waals surface area contributed by atoms with Gasteiger partial charge in [-0.1, -0.05) is 64.1 Å². The fourth-order valence-corrected chi connectivity index (χ4v) is 9.62. The number of carbonyl (C=O) groups excluding carboxylic acids is 5. The van der Waals surface area contributed by atoms with Crippen molar-refractivity contribution in [1.29, 1.82) is 0 Å². The third kappa shape index (κ3) is 12.3. The molecule has 0 bridgehead atoms. The van der Waals surface area contributed by atoms with E-state index in [-0.39, 0.29) is 37.3 Å². The van der Waals surface area contributed by atoms with Gasteiger partial charge in [0.25, 0.3) is 0 Å². The number of benzene rings is 1. The average molecular weight is 937 g/mol. The monoisotopic (exact) mass is 937 g/mol. The number of hydrogen-bond acceptors (Lipinski definition) is 15. The standard InChI is InChI=1S/C49H72N6O12/c1-14-36-49(10)40(53-46(60)67-49)30(6)37(56)28(4)26-48(9,66-45(59)52-22-15-17-33-18-20-34(21-19-33)42-50-23-16-24-51-42)41(65-44-38(57)35(54(11)12)25-29(5)62-44)31(7)39(32(8)43(58)63-36)64-47(61)55(13)27(2)3/h15-21,23-24,27-32,35-36,38-41,44,57H,14,22,25-26H2,1-13H3,(H,52,59)(H,53,60)/t28-,29-,30+,31+,32-,35+,36-,38-,39+,40-,41-,44+,48-,49-/m1/s1. The summed E-state index contributed by atoms with van der Waals surface area (Å²) in [6, 6.07) is 7.71. The summed E-state index contributed by atoms with van der Waals surface area (Å²) in [6.45, 7) is 17.2. The molecular weight excluding hydrogens is 865 g/mol. The van der Waals surface area contributed by atoms with Crippen LogP contribution in [0, 0.1) is 23.7 Å². The number of fused-ring (bicyclic) bond motifs is 1. The lowest BCUT2D eigenvalue weighted by Crippen LogP contribution is -2.61. The first-order chi connectivity index (χ1) is 31.5. The lowest BCUT2D eigenvalue weighted by Gasteiger charge is -2.48. The Hall–Kier alpha value is -5.17. The molecule has 0 unspecified atom stereocenters. The average Bonchev–Trinajstić information content (AvgIpc) is 3.61. The molecule has 5 rings (SSSR count). The van der Waals surface area contributed by atoms with Crippen LogP contribution >= 0.6 is 0 Å². The highest BCUT2D eigenvalue weighted by atomic mass is 16.7. The van der Waals surface area contributed by atoms with Crippen molar-refractivity contribution in [1.82, 2.24) is 30.4 Å². The van der Waals surface area contributed by atoms with Gasteiger partial charge in [0.2, 0.25) is 0 Å². The molecule has 0 radical (unpaired) electrons. The van der Waals surface area contributed by atoms with Crippen LogP contribution in [0.3, 0.4) is 0 Å².